The first-order valence-corrected chi connectivity index (χ1v) is 26.4. The lowest BCUT2D eigenvalue weighted by atomic mass is 9.44. The maximum Gasteiger partial charge on any atom is 0.171 e. The third-order valence-electron chi connectivity index (χ3n) is 23.6. The third-order valence-corrected chi connectivity index (χ3v) is 23.6. The fourth-order valence-electron chi connectivity index (χ4n) is 20.2. The Morgan fingerprint density at radius 3 is 1.45 bits per heavy atom. The molecule has 12 rings (SSSR count). The van der Waals surface area contributed by atoms with Crippen molar-refractivity contribution in [2.75, 3.05) is 13.2 Å². The van der Waals surface area contributed by atoms with Gasteiger partial charge in [0.25, 0.3) is 0 Å². The molecule has 0 aromatic rings. The van der Waals surface area contributed by atoms with E-state index in [2.05, 4.69) is 62.0 Å². The van der Waals surface area contributed by atoms with E-state index in [-0.39, 0.29) is 11.6 Å². The average Bonchev–Trinajstić information content (AvgIpc) is 3.87. The molecule has 0 unspecified atom stereocenters. The third kappa shape index (κ3) is 5.90. The smallest absolute Gasteiger partial charge is 0.171 e. The molecule has 5 heteroatoms. The van der Waals surface area contributed by atoms with E-state index in [4.69, 9.17) is 18.9 Å². The molecule has 0 radical (unpaired) electrons. The standard InChI is InChI=1S/C28H44O2.C27H42O3/c1-17-8-11-26(4)20(14-17)6-7-21-22(26)10-12-27(5)23(21)15-24-25(27)19(3)28(30-24)13-9-18(2)16-29-28;1-16-7-12-27(29-15-16)17(2)24-23(30-27)14-22-20-6-5-18-13-19(28)8-10-25(18,3)21(20)9-11-26(22,24)4/h18-25H,1,6-16H2,2-5H3;16-18,20-24H,5-15H2,1-4H3/t18-,19-,20+,21+,22-,23-,24-,25-,26-,27-,28+;16-,17-,18+,20+,21-,22-,23-,24-,25-,26-,27+/m00/s1. The van der Waals surface area contributed by atoms with Crippen LogP contribution in [0, 0.1) is 105 Å². The van der Waals surface area contributed by atoms with Crippen LogP contribution in [0.5, 0.6) is 0 Å². The molecule has 4 heterocycles. The Morgan fingerprint density at radius 2 is 0.983 bits per heavy atom. The van der Waals surface area contributed by atoms with Crippen LogP contribution in [0.25, 0.3) is 0 Å². The van der Waals surface area contributed by atoms with E-state index < -0.39 is 0 Å². The molecule has 12 fully saturated rings. The molecular weight excluding hydrogens is 741 g/mol. The highest BCUT2D eigenvalue weighted by Gasteiger charge is 2.71. The molecular formula is C55H86O5. The Kier molecular flexibility index (Phi) is 10.0. The summed E-state index contributed by atoms with van der Waals surface area (Å²) >= 11 is 0. The van der Waals surface area contributed by atoms with Gasteiger partial charge in [0.2, 0.25) is 0 Å². The summed E-state index contributed by atoms with van der Waals surface area (Å²) in [6.45, 7) is 26.2. The van der Waals surface area contributed by atoms with Crippen LogP contribution in [0.15, 0.2) is 12.2 Å². The number of ketones is 1. The number of Topliss-reactive ketones (excluding diaryl/α,β-unsaturated/α-hetero) is 1. The molecule has 22 atom stereocenters. The second-order valence-corrected chi connectivity index (χ2v) is 26.0. The molecule has 60 heavy (non-hydrogen) atoms. The number of hydrogen-bond acceptors (Lipinski definition) is 5. The molecule has 0 aromatic carbocycles. The predicted molar refractivity (Wildman–Crippen MR) is 238 cm³/mol. The minimum absolute atomic E-state index is 0.264. The van der Waals surface area contributed by atoms with Crippen LogP contribution < -0.4 is 0 Å². The van der Waals surface area contributed by atoms with Gasteiger partial charge >= 0.3 is 0 Å². The van der Waals surface area contributed by atoms with Crippen molar-refractivity contribution in [1.82, 2.24) is 0 Å². The van der Waals surface area contributed by atoms with Crippen molar-refractivity contribution in [1.29, 1.82) is 0 Å². The summed E-state index contributed by atoms with van der Waals surface area (Å²) in [6.07, 6.45) is 26.1. The van der Waals surface area contributed by atoms with Crippen LogP contribution in [-0.4, -0.2) is 42.8 Å². The van der Waals surface area contributed by atoms with E-state index in [1.165, 1.54) is 102 Å². The van der Waals surface area contributed by atoms with E-state index >= 15 is 0 Å². The Balaban J connectivity index is 0.000000136. The maximum atomic E-state index is 12.2. The summed E-state index contributed by atoms with van der Waals surface area (Å²) in [4.78, 5) is 12.2. The van der Waals surface area contributed by atoms with Gasteiger partial charge in [0.15, 0.2) is 11.6 Å². The van der Waals surface area contributed by atoms with Crippen molar-refractivity contribution in [2.24, 2.45) is 105 Å². The van der Waals surface area contributed by atoms with Gasteiger partial charge in [-0.1, -0.05) is 67.5 Å². The number of carbonyl (C=O) groups is 1. The van der Waals surface area contributed by atoms with Crippen molar-refractivity contribution in [3.63, 3.8) is 0 Å². The fourth-order valence-corrected chi connectivity index (χ4v) is 20.2. The van der Waals surface area contributed by atoms with Crippen LogP contribution in [0.2, 0.25) is 0 Å². The molecule has 0 N–H and O–H groups in total. The van der Waals surface area contributed by atoms with E-state index in [9.17, 15) is 4.79 Å². The minimum atomic E-state index is -0.292. The van der Waals surface area contributed by atoms with Gasteiger partial charge in [-0.3, -0.25) is 4.79 Å². The van der Waals surface area contributed by atoms with Crippen LogP contribution in [0.3, 0.4) is 0 Å². The lowest BCUT2D eigenvalue weighted by molar-refractivity contribution is -0.273. The molecule has 336 valence electrons. The molecule has 4 saturated heterocycles. The predicted octanol–water partition coefficient (Wildman–Crippen LogP) is 13.0. The summed E-state index contributed by atoms with van der Waals surface area (Å²) in [6, 6.07) is 0. The first-order valence-electron chi connectivity index (χ1n) is 26.4. The highest BCUT2D eigenvalue weighted by Crippen LogP contribution is 2.73. The van der Waals surface area contributed by atoms with Crippen LogP contribution >= 0.6 is 0 Å². The molecule has 5 nitrogen and oxygen atoms in total. The molecule has 12 aliphatic rings. The van der Waals surface area contributed by atoms with Gasteiger partial charge in [0, 0.05) is 37.5 Å². The average molecular weight is 827 g/mol. The van der Waals surface area contributed by atoms with Crippen molar-refractivity contribution >= 4 is 5.78 Å². The zero-order chi connectivity index (χ0) is 41.8. The summed E-state index contributed by atoms with van der Waals surface area (Å²) in [5, 5.41) is 0. The highest BCUT2D eigenvalue weighted by molar-refractivity contribution is 5.79. The van der Waals surface area contributed by atoms with Crippen molar-refractivity contribution < 1.29 is 23.7 Å². The number of allylic oxidation sites excluding steroid dienone is 1. The summed E-state index contributed by atoms with van der Waals surface area (Å²) in [5.74, 6) is 10.6. The number of fused-ring (bicyclic) bond motifs is 14. The van der Waals surface area contributed by atoms with Crippen molar-refractivity contribution in [3.05, 3.63) is 12.2 Å². The molecule has 8 saturated carbocycles. The molecule has 8 aliphatic carbocycles. The maximum absolute atomic E-state index is 12.2. The van der Waals surface area contributed by atoms with E-state index in [1.54, 1.807) is 0 Å². The molecule has 0 amide bonds. The Bertz CT molecular complexity index is 1570. The van der Waals surface area contributed by atoms with Crippen molar-refractivity contribution in [3.8, 4) is 0 Å². The van der Waals surface area contributed by atoms with Gasteiger partial charge in [-0.2, -0.15) is 0 Å². The van der Waals surface area contributed by atoms with Gasteiger partial charge < -0.3 is 18.9 Å². The lowest BCUT2D eigenvalue weighted by Gasteiger charge is -2.61. The summed E-state index contributed by atoms with van der Waals surface area (Å²) in [5.41, 5.74) is 3.38. The molecule has 2 spiro atoms. The number of ether oxygens (including phenoxy) is 4. The SMILES string of the molecule is C=C1CC[C@@]2(C)[C@H](CC[C@@H]3[C@@H]2CC[C@]2(C)[C@@H]4[C@H](C[C@@H]32)O[C@]2(CC[C@H](C)CO2)[C@H]4C)C1.C[C@H]1CC[C@@]2(OC1)O[C@H]1C[C@H]3[C@@H]4CC[C@@H]5CC(=O)CC[C@]5(C)[C@H]4CC[C@]3(C)[C@H]1[C@@H]2C. The quantitative estimate of drug-likeness (QED) is 0.228. The van der Waals surface area contributed by atoms with E-state index in [0.29, 0.717) is 81.1 Å². The first kappa shape index (κ1) is 41.9. The van der Waals surface area contributed by atoms with Crippen molar-refractivity contribution in [2.45, 2.75) is 208 Å². The van der Waals surface area contributed by atoms with Gasteiger partial charge in [-0.25, -0.2) is 0 Å². The minimum Gasteiger partial charge on any atom is -0.349 e. The monoisotopic (exact) mass is 827 g/mol. The van der Waals surface area contributed by atoms with Crippen LogP contribution in [0.1, 0.15) is 184 Å². The fraction of sp³-hybridized carbons (Fsp3) is 0.945. The largest absolute Gasteiger partial charge is 0.349 e. The van der Waals surface area contributed by atoms with Crippen LogP contribution in [0.4, 0.5) is 0 Å². The van der Waals surface area contributed by atoms with E-state index in [0.717, 1.165) is 86.7 Å². The van der Waals surface area contributed by atoms with Gasteiger partial charge in [-0.05, 0) is 195 Å². The summed E-state index contributed by atoms with van der Waals surface area (Å²) < 4.78 is 26.8. The molecule has 0 bridgehead atoms. The molecule has 4 aliphatic heterocycles. The number of rotatable bonds is 0. The second kappa shape index (κ2) is 14.4. The number of hydrogen-bond donors (Lipinski definition) is 0. The van der Waals surface area contributed by atoms with Gasteiger partial charge in [-0.15, -0.1) is 0 Å². The van der Waals surface area contributed by atoms with Gasteiger partial charge in [0.1, 0.15) is 5.78 Å². The zero-order valence-electron chi connectivity index (χ0n) is 39.5. The Morgan fingerprint density at radius 1 is 0.517 bits per heavy atom. The lowest BCUT2D eigenvalue weighted by Crippen LogP contribution is -2.54. The Labute approximate surface area is 365 Å². The first-order chi connectivity index (χ1) is 28.5. The number of carbonyl (C=O) groups excluding carboxylic acids is 1. The van der Waals surface area contributed by atoms with Gasteiger partial charge in [0.05, 0.1) is 25.4 Å². The topological polar surface area (TPSA) is 54.0 Å². The molecule has 0 aromatic heterocycles. The zero-order valence-corrected chi connectivity index (χ0v) is 39.5. The highest BCUT2D eigenvalue weighted by atomic mass is 16.7. The van der Waals surface area contributed by atoms with E-state index in [1.807, 2.05) is 0 Å². The normalized spacial score (nSPS) is 60.1. The summed E-state index contributed by atoms with van der Waals surface area (Å²) in [7, 11) is 0. The Hall–Kier alpha value is -0.750. The van der Waals surface area contributed by atoms with Crippen LogP contribution in [-0.2, 0) is 23.7 Å². The second-order valence-electron chi connectivity index (χ2n) is 26.0.